The normalized spacial score (nSPS) is 18.4. The van der Waals surface area contributed by atoms with Gasteiger partial charge in [0.15, 0.2) is 0 Å². The first-order chi connectivity index (χ1) is 18.1. The van der Waals surface area contributed by atoms with Crippen LogP contribution >= 0.6 is 23.2 Å². The van der Waals surface area contributed by atoms with Crippen LogP contribution < -0.4 is 4.74 Å². The summed E-state index contributed by atoms with van der Waals surface area (Å²) >= 11 is 12.7. The average Bonchev–Trinajstić information content (AvgIpc) is 3.31. The third kappa shape index (κ3) is 6.42. The van der Waals surface area contributed by atoms with Gasteiger partial charge in [0, 0.05) is 22.5 Å². The average molecular weight is 563 g/mol. The Balaban J connectivity index is 1.69. The zero-order valence-corrected chi connectivity index (χ0v) is 23.8. The third-order valence-corrected chi connectivity index (χ3v) is 8.03. The molecule has 204 valence electrons. The quantitative estimate of drug-likeness (QED) is 0.0787. The van der Waals surface area contributed by atoms with Crippen LogP contribution in [0.15, 0.2) is 65.1 Å². The maximum atomic E-state index is 12.2. The molecular formula is C28H32Cl2N2O6. The van der Waals surface area contributed by atoms with Crippen molar-refractivity contribution in [3.63, 3.8) is 0 Å². The second-order valence-electron chi connectivity index (χ2n) is 9.22. The lowest BCUT2D eigenvalue weighted by molar-refractivity contribution is -0.133. The number of benzene rings is 2. The molecule has 1 atom stereocenters. The minimum absolute atomic E-state index is 0.0500. The van der Waals surface area contributed by atoms with E-state index in [4.69, 9.17) is 47.1 Å². The summed E-state index contributed by atoms with van der Waals surface area (Å²) in [7, 11) is 4.23. The molecule has 38 heavy (non-hydrogen) atoms. The number of esters is 1. The van der Waals surface area contributed by atoms with Gasteiger partial charge in [0.05, 0.1) is 27.1 Å². The summed E-state index contributed by atoms with van der Waals surface area (Å²) in [6, 6.07) is 14.6. The van der Waals surface area contributed by atoms with E-state index in [1.54, 1.807) is 13.0 Å². The van der Waals surface area contributed by atoms with Crippen LogP contribution in [0.2, 0.25) is 0 Å². The van der Waals surface area contributed by atoms with Crippen LogP contribution in [-0.2, 0) is 30.6 Å². The van der Waals surface area contributed by atoms with Gasteiger partial charge in [0.1, 0.15) is 40.8 Å². The van der Waals surface area contributed by atoms with E-state index in [9.17, 15) is 4.79 Å². The molecule has 0 heterocycles. The number of rotatable bonds is 12. The molecule has 1 aliphatic carbocycles. The topological polar surface area (TPSA) is 87.9 Å². The predicted molar refractivity (Wildman–Crippen MR) is 149 cm³/mol. The summed E-state index contributed by atoms with van der Waals surface area (Å²) in [5, 5.41) is 8.35. The van der Waals surface area contributed by atoms with Crippen molar-refractivity contribution in [1.29, 1.82) is 0 Å². The van der Waals surface area contributed by atoms with Crippen molar-refractivity contribution < 1.29 is 28.7 Å². The van der Waals surface area contributed by atoms with Crippen LogP contribution in [0.5, 0.6) is 5.75 Å². The molecule has 0 saturated heterocycles. The van der Waals surface area contributed by atoms with Crippen molar-refractivity contribution in [1.82, 2.24) is 0 Å². The summed E-state index contributed by atoms with van der Waals surface area (Å²) in [5.74, 6) is 0.214. The molecule has 8 nitrogen and oxygen atoms in total. The molecule has 0 amide bonds. The number of hydrogen-bond donors (Lipinski definition) is 0. The van der Waals surface area contributed by atoms with Crippen molar-refractivity contribution >= 4 is 46.2 Å². The number of carbonyl (C=O) groups excluding carboxylic acids is 1. The van der Waals surface area contributed by atoms with E-state index in [2.05, 4.69) is 10.3 Å². The maximum absolute atomic E-state index is 12.2. The van der Waals surface area contributed by atoms with Gasteiger partial charge in [-0.3, -0.25) is 0 Å². The fourth-order valence-electron chi connectivity index (χ4n) is 3.98. The molecule has 1 aliphatic rings. The van der Waals surface area contributed by atoms with Crippen molar-refractivity contribution in [2.24, 2.45) is 21.6 Å². The number of ether oxygens (including phenoxy) is 3. The summed E-state index contributed by atoms with van der Waals surface area (Å²) < 4.78 is 15.1. The molecule has 0 bridgehead atoms. The number of carbonyl (C=O) groups is 1. The molecular weight excluding hydrogens is 531 g/mol. The van der Waals surface area contributed by atoms with Crippen LogP contribution in [0, 0.1) is 11.3 Å². The molecule has 2 aromatic rings. The molecule has 3 rings (SSSR count). The van der Waals surface area contributed by atoms with Crippen LogP contribution in [0.3, 0.4) is 0 Å². The minimum Gasteiger partial charge on any atom is -0.503 e. The van der Waals surface area contributed by atoms with E-state index >= 15 is 0 Å². The summed E-state index contributed by atoms with van der Waals surface area (Å²) in [6.07, 6.45) is 1.34. The van der Waals surface area contributed by atoms with E-state index in [1.165, 1.54) is 27.6 Å². The van der Waals surface area contributed by atoms with E-state index in [0.29, 0.717) is 29.3 Å². The number of hydrogen-bond acceptors (Lipinski definition) is 8. The van der Waals surface area contributed by atoms with Crippen LogP contribution in [-0.4, -0.2) is 49.7 Å². The van der Waals surface area contributed by atoms with E-state index < -0.39 is 10.3 Å². The highest BCUT2D eigenvalue weighted by atomic mass is 35.5. The summed E-state index contributed by atoms with van der Waals surface area (Å²) in [6.45, 7) is 6.32. The molecule has 1 saturated carbocycles. The predicted octanol–water partition coefficient (Wildman–Crippen LogP) is 6.00. The lowest BCUT2D eigenvalue weighted by Crippen LogP contribution is -2.14. The minimum atomic E-state index is -0.778. The number of halogens is 2. The SMILES string of the molecule is CO/C=C(/C(=O)OC)c1ccccc1CO/N=C(C)/C(=N/OC)c1ccc(OCC2C(C)(C)C2(Cl)Cl)cc1. The molecule has 2 aromatic carbocycles. The fourth-order valence-corrected chi connectivity index (χ4v) is 4.80. The van der Waals surface area contributed by atoms with Gasteiger partial charge in [-0.25, -0.2) is 4.79 Å². The molecule has 1 fully saturated rings. The fraction of sp³-hybridized carbons (Fsp3) is 0.393. The van der Waals surface area contributed by atoms with Gasteiger partial charge >= 0.3 is 5.97 Å². The largest absolute Gasteiger partial charge is 0.503 e. The van der Waals surface area contributed by atoms with Crippen molar-refractivity contribution in [3.8, 4) is 5.75 Å². The molecule has 0 aromatic heterocycles. The molecule has 0 spiro atoms. The molecule has 0 N–H and O–H groups in total. The highest BCUT2D eigenvalue weighted by molar-refractivity contribution is 6.51. The number of methoxy groups -OCH3 is 2. The second-order valence-corrected chi connectivity index (χ2v) is 10.6. The van der Waals surface area contributed by atoms with Gasteiger partial charge < -0.3 is 23.9 Å². The lowest BCUT2D eigenvalue weighted by Gasteiger charge is -2.11. The van der Waals surface area contributed by atoms with Gasteiger partial charge in [-0.15, -0.1) is 23.2 Å². The molecule has 0 aliphatic heterocycles. The van der Waals surface area contributed by atoms with Crippen molar-refractivity contribution in [2.75, 3.05) is 27.9 Å². The molecule has 1 unspecified atom stereocenters. The maximum Gasteiger partial charge on any atom is 0.341 e. The summed E-state index contributed by atoms with van der Waals surface area (Å²) in [5.41, 5.74) is 3.16. The van der Waals surface area contributed by atoms with E-state index in [-0.39, 0.29) is 23.5 Å². The zero-order valence-electron chi connectivity index (χ0n) is 22.3. The highest BCUT2D eigenvalue weighted by Gasteiger charge is 2.70. The molecule has 10 heteroatoms. The van der Waals surface area contributed by atoms with Crippen molar-refractivity contribution in [3.05, 3.63) is 71.5 Å². The van der Waals surface area contributed by atoms with Crippen LogP contribution in [0.25, 0.3) is 5.57 Å². The first-order valence-corrected chi connectivity index (χ1v) is 12.6. The van der Waals surface area contributed by atoms with E-state index in [1.807, 2.05) is 56.3 Å². The molecule has 0 radical (unpaired) electrons. The Morgan fingerprint density at radius 2 is 1.68 bits per heavy atom. The first kappa shape index (κ1) is 29.3. The lowest BCUT2D eigenvalue weighted by atomic mass is 10.0. The number of oxime groups is 2. The van der Waals surface area contributed by atoms with Crippen LogP contribution in [0.1, 0.15) is 37.5 Å². The Morgan fingerprint density at radius 1 is 1.03 bits per heavy atom. The van der Waals surface area contributed by atoms with Gasteiger partial charge in [0.2, 0.25) is 0 Å². The van der Waals surface area contributed by atoms with Gasteiger partial charge in [0.25, 0.3) is 0 Å². The van der Waals surface area contributed by atoms with Gasteiger partial charge in [-0.05, 0) is 36.8 Å². The Labute approximate surface area is 233 Å². The Bertz CT molecular complexity index is 1210. The Kier molecular flexibility index (Phi) is 9.68. The standard InChI is InChI=1S/C28H32Cl2N2O6/c1-18(31-38-15-20-9-7-8-10-22(20)23(16-34-4)26(33)35-5)25(32-36-6)19-11-13-21(14-12-19)37-17-24-27(2,3)28(24,29)30/h7-14,16,24H,15,17H2,1-6H3/b23-16+,31-18+,32-25-. The highest BCUT2D eigenvalue weighted by Crippen LogP contribution is 2.68. The Hall–Kier alpha value is -3.23. The Morgan fingerprint density at radius 3 is 2.26 bits per heavy atom. The van der Waals surface area contributed by atoms with Crippen molar-refractivity contribution in [2.45, 2.75) is 31.7 Å². The zero-order chi connectivity index (χ0) is 27.9. The second kappa shape index (κ2) is 12.5. The monoisotopic (exact) mass is 562 g/mol. The van der Waals surface area contributed by atoms with E-state index in [0.717, 1.165) is 11.1 Å². The summed E-state index contributed by atoms with van der Waals surface area (Å²) in [4.78, 5) is 22.9. The van der Waals surface area contributed by atoms with Gasteiger partial charge in [-0.2, -0.15) is 0 Å². The smallest absolute Gasteiger partial charge is 0.341 e. The number of nitrogens with zero attached hydrogens (tertiary/aromatic N) is 2. The van der Waals surface area contributed by atoms with Gasteiger partial charge in [-0.1, -0.05) is 48.4 Å². The first-order valence-electron chi connectivity index (χ1n) is 11.9. The number of alkyl halides is 2. The third-order valence-electron chi connectivity index (χ3n) is 6.52. The van der Waals surface area contributed by atoms with Crippen LogP contribution in [0.4, 0.5) is 0 Å².